The van der Waals surface area contributed by atoms with Crippen LogP contribution in [0.2, 0.25) is 0 Å². The van der Waals surface area contributed by atoms with Crippen molar-refractivity contribution in [3.63, 3.8) is 0 Å². The minimum atomic E-state index is -0.785. The van der Waals surface area contributed by atoms with E-state index in [-0.39, 0.29) is 6.61 Å². The molecule has 0 rings (SSSR count). The molecule has 1 N–H and O–H groups in total. The lowest BCUT2D eigenvalue weighted by Gasteiger charge is -2.14. The van der Waals surface area contributed by atoms with Gasteiger partial charge in [-0.15, -0.1) is 0 Å². The van der Waals surface area contributed by atoms with Crippen LogP contribution in [0.25, 0.3) is 0 Å². The summed E-state index contributed by atoms with van der Waals surface area (Å²) in [7, 11) is 1.30. The molecule has 3 nitrogen and oxygen atoms in total. The normalized spacial score (nSPS) is 16.4. The summed E-state index contributed by atoms with van der Waals surface area (Å²) in [5.41, 5.74) is 0. The van der Waals surface area contributed by atoms with E-state index in [0.717, 1.165) is 0 Å². The van der Waals surface area contributed by atoms with Crippen LogP contribution in [-0.4, -0.2) is 28.2 Å². The first-order valence-corrected chi connectivity index (χ1v) is 3.50. The largest absolute Gasteiger partial charge is 0.468 e. The Kier molecular flexibility index (Phi) is 3.42. The number of hydrogen-bond acceptors (Lipinski definition) is 3. The zero-order chi connectivity index (χ0) is 7.49. The van der Waals surface area contributed by atoms with E-state index >= 15 is 0 Å². The maximum atomic E-state index is 10.7. The van der Waals surface area contributed by atoms with E-state index < -0.39 is 9.39 Å². The minimum Gasteiger partial charge on any atom is -0.468 e. The van der Waals surface area contributed by atoms with Crippen LogP contribution in [0.1, 0.15) is 6.92 Å². The van der Waals surface area contributed by atoms with Crippen LogP contribution in [0.3, 0.4) is 0 Å². The highest BCUT2D eigenvalue weighted by molar-refractivity contribution is 14.1. The molecule has 4 heteroatoms. The second kappa shape index (κ2) is 3.36. The van der Waals surface area contributed by atoms with Gasteiger partial charge in [0.25, 0.3) is 0 Å². The van der Waals surface area contributed by atoms with Crippen LogP contribution in [0.15, 0.2) is 0 Å². The summed E-state index contributed by atoms with van der Waals surface area (Å²) < 4.78 is 3.61. The number of esters is 1. The van der Waals surface area contributed by atoms with Gasteiger partial charge in [-0.1, -0.05) is 22.6 Å². The molecular formula is C5H9IO3. The van der Waals surface area contributed by atoms with Crippen LogP contribution in [-0.2, 0) is 9.53 Å². The number of carbonyl (C=O) groups excluding carboxylic acids is 1. The van der Waals surface area contributed by atoms with Crippen molar-refractivity contribution in [3.05, 3.63) is 0 Å². The Labute approximate surface area is 67.5 Å². The first-order valence-electron chi connectivity index (χ1n) is 2.43. The summed E-state index contributed by atoms with van der Waals surface area (Å²) in [6.07, 6.45) is 0. The molecule has 54 valence electrons. The van der Waals surface area contributed by atoms with Crippen LogP contribution in [0.4, 0.5) is 0 Å². The molecule has 0 radical (unpaired) electrons. The number of halogens is 1. The zero-order valence-electron chi connectivity index (χ0n) is 5.35. The molecule has 0 aliphatic heterocycles. The standard InChI is InChI=1S/C5H9IO3/c1-5(6,3-7)4(8)9-2/h7H,3H2,1-2H3. The molecule has 0 aliphatic rings. The highest BCUT2D eigenvalue weighted by Gasteiger charge is 2.29. The quantitative estimate of drug-likeness (QED) is 0.433. The summed E-state index contributed by atoms with van der Waals surface area (Å²) in [5.74, 6) is -0.398. The number of alkyl halides is 1. The van der Waals surface area contributed by atoms with E-state index in [1.807, 2.05) is 22.6 Å². The summed E-state index contributed by atoms with van der Waals surface area (Å²) in [6, 6.07) is 0. The molecular weight excluding hydrogens is 235 g/mol. The van der Waals surface area contributed by atoms with Gasteiger partial charge in [-0.2, -0.15) is 0 Å². The Morgan fingerprint density at radius 3 is 2.44 bits per heavy atom. The molecule has 0 saturated heterocycles. The lowest BCUT2D eigenvalue weighted by Crippen LogP contribution is -2.33. The van der Waals surface area contributed by atoms with Gasteiger partial charge in [0.2, 0.25) is 0 Å². The number of methoxy groups -OCH3 is 1. The molecule has 0 heterocycles. The van der Waals surface area contributed by atoms with Crippen molar-refractivity contribution < 1.29 is 14.6 Å². The molecule has 1 unspecified atom stereocenters. The zero-order valence-corrected chi connectivity index (χ0v) is 7.51. The van der Waals surface area contributed by atoms with Crippen LogP contribution < -0.4 is 0 Å². The number of aliphatic hydroxyl groups is 1. The molecule has 0 amide bonds. The van der Waals surface area contributed by atoms with E-state index in [1.165, 1.54) is 7.11 Å². The molecule has 0 aliphatic carbocycles. The van der Waals surface area contributed by atoms with Crippen molar-refractivity contribution in [3.8, 4) is 0 Å². The number of carbonyl (C=O) groups is 1. The number of hydrogen-bond donors (Lipinski definition) is 1. The first-order chi connectivity index (χ1) is 4.04. The van der Waals surface area contributed by atoms with Gasteiger partial charge >= 0.3 is 5.97 Å². The van der Waals surface area contributed by atoms with Crippen molar-refractivity contribution >= 4 is 28.6 Å². The van der Waals surface area contributed by atoms with Gasteiger partial charge in [0.15, 0.2) is 0 Å². The van der Waals surface area contributed by atoms with E-state index in [1.54, 1.807) is 6.92 Å². The van der Waals surface area contributed by atoms with E-state index in [4.69, 9.17) is 5.11 Å². The summed E-state index contributed by atoms with van der Waals surface area (Å²) in [4.78, 5) is 10.7. The van der Waals surface area contributed by atoms with E-state index in [9.17, 15) is 4.79 Å². The summed E-state index contributed by atoms with van der Waals surface area (Å²) >= 11 is 1.84. The molecule has 0 aromatic carbocycles. The molecule has 1 atom stereocenters. The van der Waals surface area contributed by atoms with Gasteiger partial charge in [0, 0.05) is 0 Å². The third kappa shape index (κ3) is 2.49. The molecule has 0 aromatic rings. The van der Waals surface area contributed by atoms with Gasteiger partial charge in [0.05, 0.1) is 13.7 Å². The summed E-state index contributed by atoms with van der Waals surface area (Å²) in [5, 5.41) is 8.59. The van der Waals surface area contributed by atoms with Crippen molar-refractivity contribution in [1.82, 2.24) is 0 Å². The Morgan fingerprint density at radius 2 is 2.33 bits per heavy atom. The maximum absolute atomic E-state index is 10.7. The van der Waals surface area contributed by atoms with Gasteiger partial charge in [0.1, 0.15) is 3.42 Å². The van der Waals surface area contributed by atoms with Gasteiger partial charge < -0.3 is 9.84 Å². The Hall–Kier alpha value is 0.160. The number of ether oxygens (including phenoxy) is 1. The van der Waals surface area contributed by atoms with Gasteiger partial charge in [-0.05, 0) is 6.92 Å². The maximum Gasteiger partial charge on any atom is 0.323 e. The Balaban J connectivity index is 3.97. The Morgan fingerprint density at radius 1 is 1.89 bits per heavy atom. The van der Waals surface area contributed by atoms with E-state index in [0.29, 0.717) is 0 Å². The fraction of sp³-hybridized carbons (Fsp3) is 0.800. The average molecular weight is 244 g/mol. The van der Waals surface area contributed by atoms with Crippen molar-refractivity contribution in [1.29, 1.82) is 0 Å². The van der Waals surface area contributed by atoms with E-state index in [2.05, 4.69) is 4.74 Å². The molecule has 0 saturated carbocycles. The summed E-state index contributed by atoms with van der Waals surface area (Å²) in [6.45, 7) is 1.42. The molecule has 0 bridgehead atoms. The highest BCUT2D eigenvalue weighted by atomic mass is 127. The monoisotopic (exact) mass is 244 g/mol. The lowest BCUT2D eigenvalue weighted by atomic mass is 10.2. The fourth-order valence-corrected chi connectivity index (χ4v) is 0.498. The van der Waals surface area contributed by atoms with Crippen molar-refractivity contribution in [2.45, 2.75) is 10.3 Å². The van der Waals surface area contributed by atoms with Crippen LogP contribution in [0, 0.1) is 0 Å². The van der Waals surface area contributed by atoms with Gasteiger partial charge in [-0.3, -0.25) is 4.79 Å². The SMILES string of the molecule is COC(=O)C(C)(I)CO. The van der Waals surface area contributed by atoms with Crippen molar-refractivity contribution in [2.24, 2.45) is 0 Å². The number of aliphatic hydroxyl groups excluding tert-OH is 1. The minimum absolute atomic E-state index is 0.194. The van der Waals surface area contributed by atoms with Crippen LogP contribution >= 0.6 is 22.6 Å². The average Bonchev–Trinajstić information content (AvgIpc) is 1.86. The van der Waals surface area contributed by atoms with Gasteiger partial charge in [-0.25, -0.2) is 0 Å². The third-order valence-corrected chi connectivity index (χ3v) is 1.69. The number of rotatable bonds is 2. The topological polar surface area (TPSA) is 46.5 Å². The molecule has 9 heavy (non-hydrogen) atoms. The van der Waals surface area contributed by atoms with Crippen molar-refractivity contribution in [2.75, 3.05) is 13.7 Å². The second-order valence-electron chi connectivity index (χ2n) is 1.85. The first kappa shape index (κ1) is 9.16. The molecule has 0 spiro atoms. The second-order valence-corrected chi connectivity index (χ2v) is 4.23. The predicted octanol–water partition coefficient (Wildman–Crippen LogP) is 0.345. The smallest absolute Gasteiger partial charge is 0.323 e. The fourth-order valence-electron chi connectivity index (χ4n) is 0.277. The van der Waals surface area contributed by atoms with Crippen LogP contribution in [0.5, 0.6) is 0 Å². The Bertz CT molecular complexity index is 111. The predicted molar refractivity (Wildman–Crippen MR) is 41.5 cm³/mol. The highest BCUT2D eigenvalue weighted by Crippen LogP contribution is 2.17. The lowest BCUT2D eigenvalue weighted by molar-refractivity contribution is -0.143. The molecule has 0 fully saturated rings. The third-order valence-electron chi connectivity index (χ3n) is 0.908. The molecule has 0 aromatic heterocycles.